The quantitative estimate of drug-likeness (QED) is 0.867. The van der Waals surface area contributed by atoms with Crippen LogP contribution in [0.2, 0.25) is 0 Å². The molecule has 2 heterocycles. The Morgan fingerprint density at radius 2 is 2.10 bits per heavy atom. The number of rotatable bonds is 3. The molecule has 2 aromatic rings. The Labute approximate surface area is 115 Å². The third kappa shape index (κ3) is 2.07. The van der Waals surface area contributed by atoms with Gasteiger partial charge in [-0.05, 0) is 30.2 Å². The lowest BCUT2D eigenvalue weighted by Gasteiger charge is -2.19. The van der Waals surface area contributed by atoms with Gasteiger partial charge in [0, 0.05) is 12.1 Å². The van der Waals surface area contributed by atoms with E-state index in [-0.39, 0.29) is 11.5 Å². The SMILES string of the molecule is O=Nc1c(C2CCCCC2)nc2cc(C(=O)O)ccn12. The highest BCUT2D eigenvalue weighted by Crippen LogP contribution is 2.37. The van der Waals surface area contributed by atoms with E-state index in [1.807, 2.05) is 0 Å². The molecule has 104 valence electrons. The van der Waals surface area contributed by atoms with E-state index in [0.717, 1.165) is 25.7 Å². The van der Waals surface area contributed by atoms with Crippen molar-refractivity contribution in [2.45, 2.75) is 38.0 Å². The fraction of sp³-hybridized carbons (Fsp3) is 0.429. The zero-order valence-corrected chi connectivity index (χ0v) is 11.0. The van der Waals surface area contributed by atoms with Crippen LogP contribution in [0, 0.1) is 4.91 Å². The second-order valence-electron chi connectivity index (χ2n) is 5.20. The average molecular weight is 273 g/mol. The summed E-state index contributed by atoms with van der Waals surface area (Å²) in [5.41, 5.74) is 1.34. The van der Waals surface area contributed by atoms with E-state index in [2.05, 4.69) is 10.2 Å². The van der Waals surface area contributed by atoms with Crippen molar-refractivity contribution >= 4 is 17.4 Å². The van der Waals surface area contributed by atoms with Gasteiger partial charge in [-0.2, -0.15) is 0 Å². The second kappa shape index (κ2) is 5.03. The number of hydrogen-bond donors (Lipinski definition) is 1. The van der Waals surface area contributed by atoms with Crippen molar-refractivity contribution in [3.05, 3.63) is 34.5 Å². The molecule has 1 fully saturated rings. The van der Waals surface area contributed by atoms with Crippen LogP contribution in [0.1, 0.15) is 54.1 Å². The van der Waals surface area contributed by atoms with Crippen LogP contribution in [0.4, 0.5) is 5.82 Å². The van der Waals surface area contributed by atoms with Crippen molar-refractivity contribution in [1.29, 1.82) is 0 Å². The largest absolute Gasteiger partial charge is 0.478 e. The molecule has 3 rings (SSSR count). The molecule has 0 bridgehead atoms. The molecular formula is C14H15N3O3. The summed E-state index contributed by atoms with van der Waals surface area (Å²) in [6.07, 6.45) is 7.07. The summed E-state index contributed by atoms with van der Waals surface area (Å²) in [5, 5.41) is 12.1. The predicted molar refractivity (Wildman–Crippen MR) is 73.4 cm³/mol. The van der Waals surface area contributed by atoms with E-state index in [4.69, 9.17) is 5.11 Å². The molecule has 0 aliphatic heterocycles. The highest BCUT2D eigenvalue weighted by Gasteiger charge is 2.24. The van der Waals surface area contributed by atoms with Crippen molar-refractivity contribution in [1.82, 2.24) is 9.38 Å². The normalized spacial score (nSPS) is 16.4. The first-order valence-electron chi connectivity index (χ1n) is 6.79. The van der Waals surface area contributed by atoms with Gasteiger partial charge in [0.05, 0.1) is 11.3 Å². The minimum absolute atomic E-state index is 0.162. The van der Waals surface area contributed by atoms with Gasteiger partial charge in [-0.25, -0.2) is 9.78 Å². The number of nitroso groups, excluding NO2 is 1. The van der Waals surface area contributed by atoms with Gasteiger partial charge in [-0.15, -0.1) is 4.91 Å². The molecule has 6 heteroatoms. The Morgan fingerprint density at radius 3 is 2.75 bits per heavy atom. The van der Waals surface area contributed by atoms with Gasteiger partial charge >= 0.3 is 5.97 Å². The van der Waals surface area contributed by atoms with E-state index in [0.29, 0.717) is 17.2 Å². The van der Waals surface area contributed by atoms with Crippen LogP contribution in [-0.4, -0.2) is 20.5 Å². The zero-order chi connectivity index (χ0) is 14.1. The molecule has 0 radical (unpaired) electrons. The number of nitrogens with zero attached hydrogens (tertiary/aromatic N) is 3. The van der Waals surface area contributed by atoms with Crippen LogP contribution in [0.15, 0.2) is 23.5 Å². The molecule has 0 spiro atoms. The van der Waals surface area contributed by atoms with Crippen LogP contribution in [0.25, 0.3) is 5.65 Å². The van der Waals surface area contributed by atoms with Crippen molar-refractivity contribution < 1.29 is 9.90 Å². The maximum absolute atomic E-state index is 11.1. The first-order chi connectivity index (χ1) is 9.70. The molecule has 1 aliphatic rings. The van der Waals surface area contributed by atoms with Gasteiger partial charge in [-0.3, -0.25) is 4.40 Å². The van der Waals surface area contributed by atoms with Crippen molar-refractivity contribution in [3.63, 3.8) is 0 Å². The van der Waals surface area contributed by atoms with Gasteiger partial charge in [0.2, 0.25) is 5.82 Å². The molecule has 0 saturated heterocycles. The van der Waals surface area contributed by atoms with Crippen molar-refractivity contribution in [2.24, 2.45) is 5.18 Å². The summed E-state index contributed by atoms with van der Waals surface area (Å²) in [7, 11) is 0. The van der Waals surface area contributed by atoms with Crippen LogP contribution in [-0.2, 0) is 0 Å². The minimum Gasteiger partial charge on any atom is -0.478 e. The van der Waals surface area contributed by atoms with Crippen molar-refractivity contribution in [2.75, 3.05) is 0 Å². The minimum atomic E-state index is -1.00. The van der Waals surface area contributed by atoms with E-state index in [1.165, 1.54) is 18.6 Å². The second-order valence-corrected chi connectivity index (χ2v) is 5.20. The molecule has 0 aromatic carbocycles. The van der Waals surface area contributed by atoms with Crippen LogP contribution < -0.4 is 0 Å². The zero-order valence-electron chi connectivity index (χ0n) is 11.0. The highest BCUT2D eigenvalue weighted by atomic mass is 16.4. The van der Waals surface area contributed by atoms with Gasteiger partial charge in [0.1, 0.15) is 5.65 Å². The summed E-state index contributed by atoms with van der Waals surface area (Å²) in [5.74, 6) is -0.441. The summed E-state index contributed by atoms with van der Waals surface area (Å²) >= 11 is 0. The van der Waals surface area contributed by atoms with Crippen molar-refractivity contribution in [3.8, 4) is 0 Å². The maximum Gasteiger partial charge on any atom is 0.335 e. The molecule has 6 nitrogen and oxygen atoms in total. The molecule has 20 heavy (non-hydrogen) atoms. The fourth-order valence-electron chi connectivity index (χ4n) is 2.92. The third-order valence-electron chi connectivity index (χ3n) is 3.95. The van der Waals surface area contributed by atoms with Crippen LogP contribution in [0.3, 0.4) is 0 Å². The topological polar surface area (TPSA) is 84.0 Å². The third-order valence-corrected chi connectivity index (χ3v) is 3.95. The summed E-state index contributed by atoms with van der Waals surface area (Å²) in [6, 6.07) is 2.93. The highest BCUT2D eigenvalue weighted by molar-refractivity contribution is 5.88. The Morgan fingerprint density at radius 1 is 1.35 bits per heavy atom. The first-order valence-corrected chi connectivity index (χ1v) is 6.79. The summed E-state index contributed by atoms with van der Waals surface area (Å²) < 4.78 is 1.57. The molecule has 1 N–H and O–H groups in total. The van der Waals surface area contributed by atoms with Gasteiger partial charge < -0.3 is 5.11 Å². The molecule has 0 unspecified atom stereocenters. The Kier molecular flexibility index (Phi) is 3.22. The standard InChI is InChI=1S/C14H15N3O3/c18-14(19)10-6-7-17-11(8-10)15-12(13(17)16-20)9-4-2-1-3-5-9/h6-9H,1-5H2,(H,18,19). The maximum atomic E-state index is 11.1. The molecule has 0 amide bonds. The predicted octanol–water partition coefficient (Wildman–Crippen LogP) is 3.48. The number of fused-ring (bicyclic) bond motifs is 1. The monoisotopic (exact) mass is 273 g/mol. The Hall–Kier alpha value is -2.24. The lowest BCUT2D eigenvalue weighted by Crippen LogP contribution is -2.05. The number of carboxylic acids is 1. The number of carboxylic acid groups (broad SMARTS) is 1. The Balaban J connectivity index is 2.11. The number of carbonyl (C=O) groups is 1. The average Bonchev–Trinajstić information content (AvgIpc) is 2.85. The number of imidazole rings is 1. The van der Waals surface area contributed by atoms with Crippen LogP contribution in [0.5, 0.6) is 0 Å². The lowest BCUT2D eigenvalue weighted by atomic mass is 9.87. The van der Waals surface area contributed by atoms with E-state index >= 15 is 0 Å². The smallest absolute Gasteiger partial charge is 0.335 e. The fourth-order valence-corrected chi connectivity index (χ4v) is 2.92. The molecule has 2 aromatic heterocycles. The number of hydrogen-bond acceptors (Lipinski definition) is 4. The van der Waals surface area contributed by atoms with Gasteiger partial charge in [0.25, 0.3) is 0 Å². The van der Waals surface area contributed by atoms with Gasteiger partial charge in [-0.1, -0.05) is 19.3 Å². The van der Waals surface area contributed by atoms with E-state index < -0.39 is 5.97 Å². The molecule has 1 saturated carbocycles. The Bertz CT molecular complexity index is 672. The van der Waals surface area contributed by atoms with E-state index in [9.17, 15) is 9.70 Å². The molecular weight excluding hydrogens is 258 g/mol. The number of pyridine rings is 1. The first kappa shape index (κ1) is 12.8. The summed E-state index contributed by atoms with van der Waals surface area (Å²) in [4.78, 5) is 26.6. The number of aromatic carboxylic acids is 1. The van der Waals surface area contributed by atoms with Crippen LogP contribution >= 0.6 is 0 Å². The molecule has 0 atom stereocenters. The summed E-state index contributed by atoms with van der Waals surface area (Å²) in [6.45, 7) is 0. The number of aromatic nitrogens is 2. The lowest BCUT2D eigenvalue weighted by molar-refractivity contribution is 0.0697. The van der Waals surface area contributed by atoms with E-state index in [1.54, 1.807) is 10.6 Å². The van der Waals surface area contributed by atoms with Gasteiger partial charge in [0.15, 0.2) is 0 Å². The molecule has 1 aliphatic carbocycles.